The molecule has 0 aromatic heterocycles. The molecule has 4 rings (SSSR count). The zero-order valence-corrected chi connectivity index (χ0v) is 15.9. The summed E-state index contributed by atoms with van der Waals surface area (Å²) in [7, 11) is 0. The highest BCUT2D eigenvalue weighted by atomic mass is 14.8. The van der Waals surface area contributed by atoms with Gasteiger partial charge in [-0.05, 0) is 85.9 Å². The van der Waals surface area contributed by atoms with E-state index < -0.39 is 0 Å². The van der Waals surface area contributed by atoms with Gasteiger partial charge in [0.05, 0.1) is 0 Å². The van der Waals surface area contributed by atoms with E-state index in [9.17, 15) is 0 Å². The van der Waals surface area contributed by atoms with Crippen LogP contribution in [-0.4, -0.2) is 5.54 Å². The van der Waals surface area contributed by atoms with E-state index >= 15 is 0 Å². The minimum absolute atomic E-state index is 0.168. The molecule has 23 heavy (non-hydrogen) atoms. The first kappa shape index (κ1) is 16.4. The maximum atomic E-state index is 7.05. The Morgan fingerprint density at radius 2 is 1.65 bits per heavy atom. The van der Waals surface area contributed by atoms with Gasteiger partial charge in [0.2, 0.25) is 0 Å². The van der Waals surface area contributed by atoms with Crippen molar-refractivity contribution in [3.05, 3.63) is 0 Å². The van der Waals surface area contributed by atoms with Crippen LogP contribution in [-0.2, 0) is 0 Å². The summed E-state index contributed by atoms with van der Waals surface area (Å²) >= 11 is 0. The molecule has 0 amide bonds. The van der Waals surface area contributed by atoms with Gasteiger partial charge in [0.15, 0.2) is 0 Å². The lowest BCUT2D eigenvalue weighted by Gasteiger charge is -2.64. The van der Waals surface area contributed by atoms with Crippen LogP contribution in [0.3, 0.4) is 0 Å². The molecule has 1 nitrogen and oxygen atoms in total. The summed E-state index contributed by atoms with van der Waals surface area (Å²) in [4.78, 5) is 0. The fourth-order valence-corrected chi connectivity index (χ4v) is 8.27. The highest BCUT2D eigenvalue weighted by Crippen LogP contribution is 2.68. The van der Waals surface area contributed by atoms with Crippen molar-refractivity contribution in [2.75, 3.05) is 0 Å². The number of hydrogen-bond acceptors (Lipinski definition) is 1. The van der Waals surface area contributed by atoms with E-state index in [-0.39, 0.29) is 5.54 Å². The molecule has 1 heteroatoms. The molecule has 0 radical (unpaired) electrons. The topological polar surface area (TPSA) is 26.0 Å². The molecule has 4 fully saturated rings. The predicted molar refractivity (Wildman–Crippen MR) is 98.2 cm³/mol. The molecule has 0 spiro atoms. The van der Waals surface area contributed by atoms with E-state index in [4.69, 9.17) is 5.73 Å². The first-order valence-electron chi connectivity index (χ1n) is 10.7. The fraction of sp³-hybridized carbons (Fsp3) is 1.00. The van der Waals surface area contributed by atoms with Crippen LogP contribution in [0.15, 0.2) is 0 Å². The summed E-state index contributed by atoms with van der Waals surface area (Å²) in [5, 5.41) is 0. The van der Waals surface area contributed by atoms with Crippen molar-refractivity contribution < 1.29 is 0 Å². The van der Waals surface area contributed by atoms with E-state index in [0.717, 1.165) is 23.7 Å². The van der Waals surface area contributed by atoms with E-state index in [0.29, 0.717) is 10.8 Å². The lowest BCUT2D eigenvalue weighted by atomic mass is 9.42. The molecule has 2 N–H and O–H groups in total. The highest BCUT2D eigenvalue weighted by molar-refractivity contribution is 5.14. The molecule has 4 aliphatic rings. The second-order valence-corrected chi connectivity index (χ2v) is 10.3. The van der Waals surface area contributed by atoms with Crippen molar-refractivity contribution >= 4 is 0 Å². The Balaban J connectivity index is 1.62. The standard InChI is InChI=1S/C22H39N/c1-4-7-16-8-9-18-17-10-15-22(23)13-6-5-12-21(22,3)19(17)11-14-20(16,18)2/h16-19H,4-15,23H2,1-3H3. The zero-order chi connectivity index (χ0) is 16.3. The van der Waals surface area contributed by atoms with E-state index in [2.05, 4.69) is 20.8 Å². The SMILES string of the molecule is CCCC1CCC2C3CCC4(N)CCCCC4(C)C3CCC12C. The third-order valence-electron chi connectivity index (χ3n) is 9.72. The molecule has 0 bridgehead atoms. The Kier molecular flexibility index (Phi) is 3.91. The Morgan fingerprint density at radius 3 is 2.43 bits per heavy atom. The second kappa shape index (κ2) is 5.48. The van der Waals surface area contributed by atoms with Crippen LogP contribution in [0.5, 0.6) is 0 Å². The van der Waals surface area contributed by atoms with Gasteiger partial charge in [-0.3, -0.25) is 0 Å². The summed E-state index contributed by atoms with van der Waals surface area (Å²) in [6.07, 6.45) is 17.1. The van der Waals surface area contributed by atoms with E-state index in [1.54, 1.807) is 0 Å². The van der Waals surface area contributed by atoms with Crippen LogP contribution >= 0.6 is 0 Å². The largest absolute Gasteiger partial charge is 0.325 e. The molecule has 7 atom stereocenters. The van der Waals surface area contributed by atoms with Gasteiger partial charge in [0, 0.05) is 5.54 Å². The summed E-state index contributed by atoms with van der Waals surface area (Å²) in [6.45, 7) is 7.66. The molecule has 0 heterocycles. The summed E-state index contributed by atoms with van der Waals surface area (Å²) in [5.41, 5.74) is 8.33. The van der Waals surface area contributed by atoms with Crippen LogP contribution in [0.4, 0.5) is 0 Å². The fourth-order valence-electron chi connectivity index (χ4n) is 8.27. The molecule has 7 unspecified atom stereocenters. The zero-order valence-electron chi connectivity index (χ0n) is 15.9. The molecular formula is C22H39N. The minimum atomic E-state index is 0.168. The van der Waals surface area contributed by atoms with Gasteiger partial charge in [0.1, 0.15) is 0 Å². The van der Waals surface area contributed by atoms with Gasteiger partial charge in [-0.2, -0.15) is 0 Å². The second-order valence-electron chi connectivity index (χ2n) is 10.3. The van der Waals surface area contributed by atoms with Gasteiger partial charge >= 0.3 is 0 Å². The summed E-state index contributed by atoms with van der Waals surface area (Å²) in [5.74, 6) is 3.96. The molecular weight excluding hydrogens is 278 g/mol. The normalized spacial score (nSPS) is 55.8. The highest BCUT2D eigenvalue weighted by Gasteiger charge is 2.62. The van der Waals surface area contributed by atoms with Crippen molar-refractivity contribution in [1.82, 2.24) is 0 Å². The number of nitrogens with two attached hydrogens (primary N) is 1. The smallest absolute Gasteiger partial charge is 0.0211 e. The average molecular weight is 318 g/mol. The van der Waals surface area contributed by atoms with Crippen molar-refractivity contribution in [2.45, 2.75) is 103 Å². The van der Waals surface area contributed by atoms with Gasteiger partial charge in [-0.25, -0.2) is 0 Å². The first-order chi connectivity index (χ1) is 10.9. The molecule has 132 valence electrons. The number of hydrogen-bond donors (Lipinski definition) is 1. The molecule has 0 aromatic carbocycles. The van der Waals surface area contributed by atoms with Gasteiger partial charge < -0.3 is 5.73 Å². The molecule has 0 saturated heterocycles. The maximum absolute atomic E-state index is 7.05. The number of rotatable bonds is 2. The molecule has 4 saturated carbocycles. The quantitative estimate of drug-likeness (QED) is 0.672. The summed E-state index contributed by atoms with van der Waals surface area (Å²) < 4.78 is 0. The Labute approximate surface area is 144 Å². The molecule has 0 aromatic rings. The Bertz CT molecular complexity index is 459. The lowest BCUT2D eigenvalue weighted by Crippen LogP contribution is -2.65. The molecule has 0 aliphatic heterocycles. The van der Waals surface area contributed by atoms with Crippen LogP contribution < -0.4 is 5.73 Å². The summed E-state index contributed by atoms with van der Waals surface area (Å²) in [6, 6.07) is 0. The van der Waals surface area contributed by atoms with Crippen molar-refractivity contribution in [1.29, 1.82) is 0 Å². The third-order valence-corrected chi connectivity index (χ3v) is 9.72. The van der Waals surface area contributed by atoms with Crippen molar-refractivity contribution in [2.24, 2.45) is 40.2 Å². The Hall–Kier alpha value is -0.0400. The minimum Gasteiger partial charge on any atom is -0.325 e. The van der Waals surface area contributed by atoms with Crippen LogP contribution in [0.2, 0.25) is 0 Å². The third kappa shape index (κ3) is 2.14. The number of fused-ring (bicyclic) bond motifs is 5. The average Bonchev–Trinajstić information content (AvgIpc) is 2.85. The Morgan fingerprint density at radius 1 is 0.870 bits per heavy atom. The molecule has 4 aliphatic carbocycles. The van der Waals surface area contributed by atoms with E-state index in [1.807, 2.05) is 0 Å². The van der Waals surface area contributed by atoms with Crippen LogP contribution in [0.1, 0.15) is 97.8 Å². The van der Waals surface area contributed by atoms with Crippen LogP contribution in [0.25, 0.3) is 0 Å². The lowest BCUT2D eigenvalue weighted by molar-refractivity contribution is -0.122. The van der Waals surface area contributed by atoms with Crippen molar-refractivity contribution in [3.63, 3.8) is 0 Å². The first-order valence-corrected chi connectivity index (χ1v) is 10.7. The predicted octanol–water partition coefficient (Wildman–Crippen LogP) is 5.92. The van der Waals surface area contributed by atoms with E-state index in [1.165, 1.54) is 77.0 Å². The van der Waals surface area contributed by atoms with Crippen LogP contribution in [0, 0.1) is 34.5 Å². The maximum Gasteiger partial charge on any atom is 0.0211 e. The van der Waals surface area contributed by atoms with Gasteiger partial charge in [0.25, 0.3) is 0 Å². The van der Waals surface area contributed by atoms with Crippen molar-refractivity contribution in [3.8, 4) is 0 Å². The monoisotopic (exact) mass is 317 g/mol. The van der Waals surface area contributed by atoms with Gasteiger partial charge in [-0.15, -0.1) is 0 Å². The van der Waals surface area contributed by atoms with Gasteiger partial charge in [-0.1, -0.05) is 46.5 Å².